The van der Waals surface area contributed by atoms with Crippen molar-refractivity contribution in [2.24, 2.45) is 0 Å². The Morgan fingerprint density at radius 1 is 0.438 bits per heavy atom. The number of hydrogen-bond donors (Lipinski definition) is 0. The summed E-state index contributed by atoms with van der Waals surface area (Å²) in [6.45, 7) is 4.60. The molecule has 0 saturated heterocycles. The van der Waals surface area contributed by atoms with Crippen molar-refractivity contribution in [3.8, 4) is 62.1 Å². The van der Waals surface area contributed by atoms with Gasteiger partial charge in [-0.25, -0.2) is 15.0 Å². The van der Waals surface area contributed by atoms with E-state index >= 15 is 0 Å². The van der Waals surface area contributed by atoms with Gasteiger partial charge in [0.2, 0.25) is 0 Å². The second kappa shape index (κ2) is 11.0. The van der Waals surface area contributed by atoms with Crippen LogP contribution in [0.4, 0.5) is 0 Å². The molecule has 0 atom stereocenters. The van der Waals surface area contributed by atoms with Crippen molar-refractivity contribution in [3.63, 3.8) is 0 Å². The van der Waals surface area contributed by atoms with E-state index < -0.39 is 0 Å². The average molecular weight is 617 g/mol. The first-order valence-corrected chi connectivity index (χ1v) is 16.4. The molecule has 4 heteroatoms. The average Bonchev–Trinajstić information content (AvgIpc) is 3.69. The van der Waals surface area contributed by atoms with Crippen molar-refractivity contribution in [1.29, 1.82) is 0 Å². The van der Waals surface area contributed by atoms with Crippen molar-refractivity contribution < 1.29 is 0 Å². The topological polar surface area (TPSA) is 43.6 Å². The first kappa shape index (κ1) is 28.1. The number of para-hydroxylation sites is 1. The highest BCUT2D eigenvalue weighted by atomic mass is 15.0. The Balaban J connectivity index is 1.11. The van der Waals surface area contributed by atoms with Gasteiger partial charge in [0, 0.05) is 34.0 Å². The van der Waals surface area contributed by atoms with Gasteiger partial charge in [-0.1, -0.05) is 141 Å². The van der Waals surface area contributed by atoms with E-state index in [0.29, 0.717) is 17.5 Å². The molecule has 0 amide bonds. The van der Waals surface area contributed by atoms with E-state index in [1.807, 2.05) is 18.2 Å². The van der Waals surface area contributed by atoms with Gasteiger partial charge in [-0.3, -0.25) is 0 Å². The molecule has 0 unspecified atom stereocenters. The third-order valence-electron chi connectivity index (χ3n) is 9.71. The van der Waals surface area contributed by atoms with Crippen molar-refractivity contribution in [3.05, 3.63) is 169 Å². The summed E-state index contributed by atoms with van der Waals surface area (Å²) in [6, 6.07) is 53.3. The molecule has 2 aromatic heterocycles. The molecular weight excluding hydrogens is 585 g/mol. The molecule has 0 N–H and O–H groups in total. The Kier molecular flexibility index (Phi) is 6.44. The van der Waals surface area contributed by atoms with Crippen LogP contribution < -0.4 is 0 Å². The quantitative estimate of drug-likeness (QED) is 0.193. The van der Waals surface area contributed by atoms with Gasteiger partial charge in [0.15, 0.2) is 17.5 Å². The first-order valence-electron chi connectivity index (χ1n) is 16.4. The lowest BCUT2D eigenvalue weighted by molar-refractivity contribution is 0.661. The van der Waals surface area contributed by atoms with Gasteiger partial charge in [-0.05, 0) is 63.0 Å². The van der Waals surface area contributed by atoms with E-state index in [2.05, 4.69) is 158 Å². The van der Waals surface area contributed by atoms with Crippen LogP contribution in [-0.4, -0.2) is 19.5 Å². The monoisotopic (exact) mass is 616 g/mol. The molecular formula is C44H32N4. The van der Waals surface area contributed by atoms with Gasteiger partial charge in [-0.15, -0.1) is 0 Å². The summed E-state index contributed by atoms with van der Waals surface area (Å²) in [4.78, 5) is 15.3. The zero-order chi connectivity index (χ0) is 32.2. The zero-order valence-corrected chi connectivity index (χ0v) is 26.8. The molecule has 228 valence electrons. The van der Waals surface area contributed by atoms with Crippen molar-refractivity contribution in [2.75, 3.05) is 0 Å². The fourth-order valence-corrected chi connectivity index (χ4v) is 7.31. The SMILES string of the molecule is CC1(C)c2ccccc2-c2cccc(-c3nc(-c4ccccc4)nc(-c4ccc(-c5ccc(-n6ccc7ccccc76)cc5)cc4)n3)c21. The smallest absolute Gasteiger partial charge is 0.164 e. The van der Waals surface area contributed by atoms with Crippen LogP contribution in [0.15, 0.2) is 158 Å². The summed E-state index contributed by atoms with van der Waals surface area (Å²) in [5.74, 6) is 2.01. The highest BCUT2D eigenvalue weighted by molar-refractivity contribution is 5.87. The van der Waals surface area contributed by atoms with Gasteiger partial charge in [0.05, 0.1) is 5.52 Å². The summed E-state index contributed by atoms with van der Waals surface area (Å²) >= 11 is 0. The number of benzene rings is 6. The molecule has 1 aliphatic carbocycles. The zero-order valence-electron chi connectivity index (χ0n) is 26.8. The Morgan fingerprint density at radius 2 is 1.00 bits per heavy atom. The highest BCUT2D eigenvalue weighted by Gasteiger charge is 2.38. The van der Waals surface area contributed by atoms with E-state index in [9.17, 15) is 0 Å². The highest BCUT2D eigenvalue weighted by Crippen LogP contribution is 2.51. The maximum atomic E-state index is 5.15. The third kappa shape index (κ3) is 4.57. The van der Waals surface area contributed by atoms with Crippen LogP contribution in [0, 0.1) is 0 Å². The van der Waals surface area contributed by atoms with Crippen LogP contribution in [0.3, 0.4) is 0 Å². The van der Waals surface area contributed by atoms with Crippen molar-refractivity contribution in [1.82, 2.24) is 19.5 Å². The van der Waals surface area contributed by atoms with Crippen LogP contribution in [-0.2, 0) is 5.41 Å². The molecule has 2 heterocycles. The normalized spacial score (nSPS) is 13.0. The first-order chi connectivity index (χ1) is 23.5. The largest absolute Gasteiger partial charge is 0.317 e. The van der Waals surface area contributed by atoms with E-state index in [1.165, 1.54) is 33.2 Å². The fraction of sp³-hybridized carbons (Fsp3) is 0.0682. The Hall–Kier alpha value is -6.13. The maximum Gasteiger partial charge on any atom is 0.164 e. The molecule has 0 saturated carbocycles. The maximum absolute atomic E-state index is 5.15. The second-order valence-electron chi connectivity index (χ2n) is 12.9. The third-order valence-corrected chi connectivity index (χ3v) is 9.71. The summed E-state index contributed by atoms with van der Waals surface area (Å²) < 4.78 is 2.23. The number of hydrogen-bond acceptors (Lipinski definition) is 3. The standard InChI is InChI=1S/C44H32N4/c1-44(2)38-17-8-7-14-35(38)36-15-10-16-37(40(36)44)43-46-41(32-12-4-3-5-13-32)45-42(47-43)33-21-19-29(20-22-33)30-23-25-34(26-24-30)48-28-27-31-11-6-9-18-39(31)48/h3-28H,1-2H3. The number of rotatable bonds is 5. The lowest BCUT2D eigenvalue weighted by Crippen LogP contribution is -2.17. The summed E-state index contributed by atoms with van der Waals surface area (Å²) in [5, 5.41) is 1.24. The number of fused-ring (bicyclic) bond motifs is 4. The molecule has 4 nitrogen and oxygen atoms in total. The minimum atomic E-state index is -0.187. The van der Waals surface area contributed by atoms with Crippen LogP contribution in [0.5, 0.6) is 0 Å². The fourth-order valence-electron chi connectivity index (χ4n) is 7.31. The predicted molar refractivity (Wildman–Crippen MR) is 196 cm³/mol. The van der Waals surface area contributed by atoms with Crippen LogP contribution in [0.25, 0.3) is 73.0 Å². The van der Waals surface area contributed by atoms with E-state index in [4.69, 9.17) is 15.0 Å². The van der Waals surface area contributed by atoms with Gasteiger partial charge < -0.3 is 4.57 Å². The lowest BCUT2D eigenvalue weighted by atomic mass is 9.80. The Bertz CT molecular complexity index is 2450. The summed E-state index contributed by atoms with van der Waals surface area (Å²) in [7, 11) is 0. The Labute approximate surface area is 280 Å². The van der Waals surface area contributed by atoms with Gasteiger partial charge in [-0.2, -0.15) is 0 Å². The molecule has 0 bridgehead atoms. The van der Waals surface area contributed by atoms with Gasteiger partial charge in [0.25, 0.3) is 0 Å². The molecule has 0 fully saturated rings. The van der Waals surface area contributed by atoms with Crippen LogP contribution in [0.2, 0.25) is 0 Å². The molecule has 6 aromatic carbocycles. The van der Waals surface area contributed by atoms with Crippen LogP contribution in [0.1, 0.15) is 25.0 Å². The van der Waals surface area contributed by atoms with E-state index in [0.717, 1.165) is 33.5 Å². The minimum Gasteiger partial charge on any atom is -0.317 e. The van der Waals surface area contributed by atoms with Crippen molar-refractivity contribution >= 4 is 10.9 Å². The molecule has 8 aromatic rings. The van der Waals surface area contributed by atoms with E-state index in [1.54, 1.807) is 0 Å². The molecule has 0 radical (unpaired) electrons. The Morgan fingerprint density at radius 3 is 1.77 bits per heavy atom. The minimum absolute atomic E-state index is 0.187. The molecule has 9 rings (SSSR count). The summed E-state index contributed by atoms with van der Waals surface area (Å²) in [6.07, 6.45) is 2.13. The van der Waals surface area contributed by atoms with Gasteiger partial charge >= 0.3 is 0 Å². The number of aromatic nitrogens is 4. The van der Waals surface area contributed by atoms with Crippen LogP contribution >= 0.6 is 0 Å². The molecule has 48 heavy (non-hydrogen) atoms. The lowest BCUT2D eigenvalue weighted by Gasteiger charge is -2.24. The van der Waals surface area contributed by atoms with E-state index in [-0.39, 0.29) is 5.41 Å². The summed E-state index contributed by atoms with van der Waals surface area (Å²) in [5.41, 5.74) is 12.5. The predicted octanol–water partition coefficient (Wildman–Crippen LogP) is 10.8. The molecule has 0 aliphatic heterocycles. The van der Waals surface area contributed by atoms with Crippen molar-refractivity contribution in [2.45, 2.75) is 19.3 Å². The number of nitrogens with zero attached hydrogens (tertiary/aromatic N) is 4. The van der Waals surface area contributed by atoms with Gasteiger partial charge in [0.1, 0.15) is 0 Å². The second-order valence-corrected chi connectivity index (χ2v) is 12.9. The molecule has 1 aliphatic rings. The molecule has 0 spiro atoms.